The molecule has 78 valence electrons. The third kappa shape index (κ3) is 3.24. The molecule has 1 aromatic carbocycles. The minimum absolute atomic E-state index is 0. The first-order valence-electron chi connectivity index (χ1n) is 4.48. The third-order valence-electron chi connectivity index (χ3n) is 2.08. The van der Waals surface area contributed by atoms with Gasteiger partial charge < -0.3 is 5.73 Å². The van der Waals surface area contributed by atoms with E-state index in [1.165, 1.54) is 5.56 Å². The van der Waals surface area contributed by atoms with Crippen molar-refractivity contribution in [2.24, 2.45) is 5.73 Å². The Morgan fingerprint density at radius 1 is 1.29 bits per heavy atom. The van der Waals surface area contributed by atoms with Gasteiger partial charge in [0.25, 0.3) is 0 Å². The number of halogens is 1. The first-order chi connectivity index (χ1) is 6.15. The highest BCUT2D eigenvalue weighted by atomic mass is 79.9. The third-order valence-corrected chi connectivity index (χ3v) is 2.08. The van der Waals surface area contributed by atoms with E-state index in [9.17, 15) is 4.79 Å². The van der Waals surface area contributed by atoms with E-state index >= 15 is 0 Å². The molecule has 0 saturated carbocycles. The standard InChI is InChI=1S/C11H15NO.BrH/c1-8(2)9-3-5-10(6-4-9)11(13)7-12;/h3-6,8H,7,12H2,1-2H3;1H. The molecule has 0 aliphatic carbocycles. The van der Waals surface area contributed by atoms with Gasteiger partial charge >= 0.3 is 0 Å². The lowest BCUT2D eigenvalue weighted by Gasteiger charge is -2.05. The molecule has 2 nitrogen and oxygen atoms in total. The number of ketones is 1. The monoisotopic (exact) mass is 257 g/mol. The molecule has 0 fully saturated rings. The summed E-state index contributed by atoms with van der Waals surface area (Å²) in [6.45, 7) is 4.33. The second-order valence-electron chi connectivity index (χ2n) is 3.40. The van der Waals surface area contributed by atoms with Crippen LogP contribution < -0.4 is 5.73 Å². The Morgan fingerprint density at radius 3 is 2.14 bits per heavy atom. The van der Waals surface area contributed by atoms with Gasteiger partial charge in [0.1, 0.15) is 0 Å². The van der Waals surface area contributed by atoms with Crippen molar-refractivity contribution in [1.29, 1.82) is 0 Å². The van der Waals surface area contributed by atoms with Crippen LogP contribution in [0.15, 0.2) is 24.3 Å². The largest absolute Gasteiger partial charge is 0.324 e. The Hall–Kier alpha value is -0.670. The molecular formula is C11H16BrNO. The number of Topliss-reactive ketones (excluding diaryl/α,β-unsaturated/α-hetero) is 1. The molecule has 0 radical (unpaired) electrons. The van der Waals surface area contributed by atoms with Crippen LogP contribution in [0.2, 0.25) is 0 Å². The number of nitrogens with two attached hydrogens (primary N) is 1. The van der Waals surface area contributed by atoms with E-state index in [0.717, 1.165) is 0 Å². The minimum atomic E-state index is -0.00435. The second-order valence-corrected chi connectivity index (χ2v) is 3.40. The van der Waals surface area contributed by atoms with Crippen LogP contribution in [0, 0.1) is 0 Å². The van der Waals surface area contributed by atoms with E-state index in [1.54, 1.807) is 0 Å². The smallest absolute Gasteiger partial charge is 0.176 e. The molecule has 0 aliphatic rings. The van der Waals surface area contributed by atoms with E-state index < -0.39 is 0 Å². The Kier molecular flexibility index (Phi) is 5.65. The van der Waals surface area contributed by atoms with Gasteiger partial charge in [0.2, 0.25) is 0 Å². The summed E-state index contributed by atoms with van der Waals surface area (Å²) in [5, 5.41) is 0. The first kappa shape index (κ1) is 13.3. The van der Waals surface area contributed by atoms with Crippen LogP contribution >= 0.6 is 17.0 Å². The van der Waals surface area contributed by atoms with Gasteiger partial charge in [-0.05, 0) is 11.5 Å². The van der Waals surface area contributed by atoms with Crippen LogP contribution in [0.25, 0.3) is 0 Å². The van der Waals surface area contributed by atoms with Gasteiger partial charge in [-0.25, -0.2) is 0 Å². The fourth-order valence-electron chi connectivity index (χ4n) is 1.17. The average Bonchev–Trinajstić information content (AvgIpc) is 2.17. The summed E-state index contributed by atoms with van der Waals surface area (Å²) in [6.07, 6.45) is 0. The molecule has 3 heteroatoms. The van der Waals surface area contributed by atoms with Crippen molar-refractivity contribution < 1.29 is 4.79 Å². The Balaban J connectivity index is 0.00000169. The predicted molar refractivity (Wildman–Crippen MR) is 64.2 cm³/mol. The summed E-state index contributed by atoms with van der Waals surface area (Å²) < 4.78 is 0. The second kappa shape index (κ2) is 5.94. The lowest BCUT2D eigenvalue weighted by molar-refractivity contribution is 0.100. The molecule has 2 N–H and O–H groups in total. The molecule has 0 heterocycles. The summed E-state index contributed by atoms with van der Waals surface area (Å²) in [6, 6.07) is 7.64. The van der Waals surface area contributed by atoms with Crippen LogP contribution in [0.4, 0.5) is 0 Å². The van der Waals surface area contributed by atoms with Crippen molar-refractivity contribution in [2.45, 2.75) is 19.8 Å². The van der Waals surface area contributed by atoms with Gasteiger partial charge in [-0.3, -0.25) is 4.79 Å². The molecule has 0 spiro atoms. The molecule has 0 bridgehead atoms. The molecule has 0 aromatic heterocycles. The summed E-state index contributed by atoms with van der Waals surface area (Å²) in [7, 11) is 0. The lowest BCUT2D eigenvalue weighted by atomic mass is 10.0. The van der Waals surface area contributed by atoms with Crippen molar-refractivity contribution in [2.75, 3.05) is 6.54 Å². The maximum absolute atomic E-state index is 11.2. The highest BCUT2D eigenvalue weighted by Crippen LogP contribution is 2.14. The Morgan fingerprint density at radius 2 is 1.79 bits per heavy atom. The molecule has 1 rings (SSSR count). The zero-order chi connectivity index (χ0) is 9.84. The molecule has 14 heavy (non-hydrogen) atoms. The van der Waals surface area contributed by atoms with E-state index in [1.807, 2.05) is 24.3 Å². The SMILES string of the molecule is Br.CC(C)c1ccc(C(=O)CN)cc1. The number of benzene rings is 1. The summed E-state index contributed by atoms with van der Waals surface area (Å²) in [5.41, 5.74) is 7.20. The zero-order valence-electron chi connectivity index (χ0n) is 8.49. The number of carbonyl (C=O) groups excluding carboxylic acids is 1. The normalized spacial score (nSPS) is 9.71. The number of carbonyl (C=O) groups is 1. The first-order valence-corrected chi connectivity index (χ1v) is 4.48. The highest BCUT2D eigenvalue weighted by molar-refractivity contribution is 8.93. The van der Waals surface area contributed by atoms with Crippen LogP contribution in [-0.4, -0.2) is 12.3 Å². The van der Waals surface area contributed by atoms with Crippen LogP contribution in [-0.2, 0) is 0 Å². The fourth-order valence-corrected chi connectivity index (χ4v) is 1.17. The van der Waals surface area contributed by atoms with Gasteiger partial charge in [-0.2, -0.15) is 0 Å². The molecule has 1 aromatic rings. The van der Waals surface area contributed by atoms with Crippen molar-refractivity contribution >= 4 is 22.8 Å². The zero-order valence-corrected chi connectivity index (χ0v) is 10.2. The summed E-state index contributed by atoms with van der Waals surface area (Å²) in [4.78, 5) is 11.2. The van der Waals surface area contributed by atoms with Gasteiger partial charge in [0.05, 0.1) is 6.54 Å². The Bertz CT molecular complexity index is 293. The van der Waals surface area contributed by atoms with E-state index in [-0.39, 0.29) is 29.3 Å². The van der Waals surface area contributed by atoms with Crippen molar-refractivity contribution in [3.8, 4) is 0 Å². The van der Waals surface area contributed by atoms with Gasteiger partial charge in [0.15, 0.2) is 5.78 Å². The van der Waals surface area contributed by atoms with E-state index in [4.69, 9.17) is 5.73 Å². The van der Waals surface area contributed by atoms with Crippen molar-refractivity contribution in [3.05, 3.63) is 35.4 Å². The number of hydrogen-bond acceptors (Lipinski definition) is 2. The Labute approximate surface area is 95.3 Å². The molecule has 0 aliphatic heterocycles. The van der Waals surface area contributed by atoms with Crippen molar-refractivity contribution in [3.63, 3.8) is 0 Å². The number of rotatable bonds is 3. The van der Waals surface area contributed by atoms with Crippen LogP contribution in [0.3, 0.4) is 0 Å². The molecule has 0 amide bonds. The summed E-state index contributed by atoms with van der Waals surface area (Å²) in [5.74, 6) is 0.498. The summed E-state index contributed by atoms with van der Waals surface area (Å²) >= 11 is 0. The quantitative estimate of drug-likeness (QED) is 0.846. The van der Waals surface area contributed by atoms with Gasteiger partial charge in [0, 0.05) is 5.56 Å². The molecule has 0 unspecified atom stereocenters. The van der Waals surface area contributed by atoms with Gasteiger partial charge in [-0.1, -0.05) is 38.1 Å². The van der Waals surface area contributed by atoms with E-state index in [2.05, 4.69) is 13.8 Å². The maximum atomic E-state index is 11.2. The highest BCUT2D eigenvalue weighted by Gasteiger charge is 2.03. The van der Waals surface area contributed by atoms with Crippen LogP contribution in [0.1, 0.15) is 35.7 Å². The molecule has 0 saturated heterocycles. The average molecular weight is 258 g/mol. The molecule has 0 atom stereocenters. The maximum Gasteiger partial charge on any atom is 0.176 e. The fraction of sp³-hybridized carbons (Fsp3) is 0.364. The van der Waals surface area contributed by atoms with Crippen molar-refractivity contribution in [1.82, 2.24) is 0 Å². The van der Waals surface area contributed by atoms with E-state index in [0.29, 0.717) is 11.5 Å². The minimum Gasteiger partial charge on any atom is -0.324 e. The van der Waals surface area contributed by atoms with Gasteiger partial charge in [-0.15, -0.1) is 17.0 Å². The predicted octanol–water partition coefficient (Wildman–Crippen LogP) is 2.53. The topological polar surface area (TPSA) is 43.1 Å². The van der Waals surface area contributed by atoms with Crippen LogP contribution in [0.5, 0.6) is 0 Å². The number of hydrogen-bond donors (Lipinski definition) is 1. The molecular weight excluding hydrogens is 242 g/mol. The lowest BCUT2D eigenvalue weighted by Crippen LogP contribution is -2.13.